The highest BCUT2D eigenvalue weighted by molar-refractivity contribution is 9.10. The van der Waals surface area contributed by atoms with Gasteiger partial charge in [0.05, 0.1) is 12.6 Å². The van der Waals surface area contributed by atoms with Crippen LogP contribution in [0, 0.1) is 0 Å². The first-order valence-electron chi connectivity index (χ1n) is 7.96. The first-order chi connectivity index (χ1) is 12.7. The number of nitrogens with zero attached hydrogens (tertiary/aromatic N) is 5. The second kappa shape index (κ2) is 7.43. The van der Waals surface area contributed by atoms with Gasteiger partial charge in [-0.1, -0.05) is 58.4 Å². The van der Waals surface area contributed by atoms with Crippen molar-refractivity contribution in [1.82, 2.24) is 30.4 Å². The predicted molar refractivity (Wildman–Crippen MR) is 106 cm³/mol. The van der Waals surface area contributed by atoms with Gasteiger partial charge in [0.25, 0.3) is 0 Å². The summed E-state index contributed by atoms with van der Waals surface area (Å²) in [5.41, 5.74) is 3.92. The third-order valence-electron chi connectivity index (χ3n) is 3.79. The normalized spacial score (nSPS) is 11.0. The van der Waals surface area contributed by atoms with Crippen LogP contribution in [-0.2, 0) is 12.8 Å². The zero-order valence-corrected chi connectivity index (χ0v) is 16.3. The van der Waals surface area contributed by atoms with E-state index < -0.39 is 0 Å². The lowest BCUT2D eigenvalue weighted by atomic mass is 10.1. The number of nitrogens with one attached hydrogen (secondary N) is 1. The largest absolute Gasteiger partial charge is 0.271 e. The minimum absolute atomic E-state index is 0.562. The van der Waals surface area contributed by atoms with Crippen LogP contribution in [-0.4, -0.2) is 30.4 Å². The van der Waals surface area contributed by atoms with E-state index in [0.29, 0.717) is 5.82 Å². The molecule has 26 heavy (non-hydrogen) atoms. The van der Waals surface area contributed by atoms with Crippen LogP contribution in [0.4, 0.5) is 0 Å². The van der Waals surface area contributed by atoms with Crippen molar-refractivity contribution in [3.05, 3.63) is 64.6 Å². The molecule has 2 heterocycles. The highest BCUT2D eigenvalue weighted by atomic mass is 79.9. The number of tetrazole rings is 1. The number of aromatic nitrogens is 6. The quantitative estimate of drug-likeness (QED) is 0.481. The standard InChI is InChI=1S/C18H15BrN6S/c1-25-23-17(21-24-25)15-16(13-8-5-9-14(19)10-13)20-22-18(15)26-11-12-6-3-2-4-7-12/h2-10H,11H2,1H3,(H,20,22). The average molecular weight is 427 g/mol. The van der Waals surface area contributed by atoms with E-state index >= 15 is 0 Å². The Bertz CT molecular complexity index is 1030. The molecule has 0 fully saturated rings. The van der Waals surface area contributed by atoms with Gasteiger partial charge in [-0.3, -0.25) is 5.10 Å². The fraction of sp³-hybridized carbons (Fsp3) is 0.111. The van der Waals surface area contributed by atoms with Crippen LogP contribution in [0.3, 0.4) is 0 Å². The number of rotatable bonds is 5. The molecular weight excluding hydrogens is 412 g/mol. The number of thioether (sulfide) groups is 1. The van der Waals surface area contributed by atoms with Crippen LogP contribution < -0.4 is 0 Å². The monoisotopic (exact) mass is 426 g/mol. The van der Waals surface area contributed by atoms with Crippen LogP contribution in [0.1, 0.15) is 5.56 Å². The van der Waals surface area contributed by atoms with Gasteiger partial charge in [0.15, 0.2) is 0 Å². The van der Waals surface area contributed by atoms with Crippen molar-refractivity contribution in [3.8, 4) is 22.6 Å². The topological polar surface area (TPSA) is 72.3 Å². The third kappa shape index (κ3) is 3.56. The van der Waals surface area contributed by atoms with E-state index in [1.807, 2.05) is 42.5 Å². The molecule has 8 heteroatoms. The van der Waals surface area contributed by atoms with Crippen LogP contribution in [0.2, 0.25) is 0 Å². The summed E-state index contributed by atoms with van der Waals surface area (Å²) in [6, 6.07) is 18.3. The third-order valence-corrected chi connectivity index (χ3v) is 5.34. The lowest BCUT2D eigenvalue weighted by Crippen LogP contribution is -1.92. The summed E-state index contributed by atoms with van der Waals surface area (Å²) in [6.45, 7) is 0. The Morgan fingerprint density at radius 3 is 2.69 bits per heavy atom. The summed E-state index contributed by atoms with van der Waals surface area (Å²) in [6.07, 6.45) is 0. The van der Waals surface area contributed by atoms with Gasteiger partial charge in [0.2, 0.25) is 5.82 Å². The number of H-pyrrole nitrogens is 1. The van der Waals surface area contributed by atoms with Crippen molar-refractivity contribution < 1.29 is 0 Å². The summed E-state index contributed by atoms with van der Waals surface area (Å²) >= 11 is 5.20. The first kappa shape index (κ1) is 17.0. The molecule has 0 saturated carbocycles. The molecule has 4 aromatic rings. The fourth-order valence-corrected chi connectivity index (χ4v) is 3.94. The van der Waals surface area contributed by atoms with E-state index in [-0.39, 0.29) is 0 Å². The van der Waals surface area contributed by atoms with E-state index in [1.165, 1.54) is 10.4 Å². The van der Waals surface area contributed by atoms with Gasteiger partial charge >= 0.3 is 0 Å². The van der Waals surface area contributed by atoms with E-state index in [9.17, 15) is 0 Å². The van der Waals surface area contributed by atoms with Crippen molar-refractivity contribution in [2.75, 3.05) is 0 Å². The summed E-state index contributed by atoms with van der Waals surface area (Å²) in [7, 11) is 1.76. The Morgan fingerprint density at radius 1 is 1.12 bits per heavy atom. The van der Waals surface area contributed by atoms with Crippen molar-refractivity contribution in [2.45, 2.75) is 10.8 Å². The van der Waals surface area contributed by atoms with Gasteiger partial charge in [-0.05, 0) is 22.9 Å². The molecule has 0 aliphatic rings. The maximum Gasteiger partial charge on any atom is 0.209 e. The molecule has 0 spiro atoms. The Labute approximate surface area is 163 Å². The van der Waals surface area contributed by atoms with Gasteiger partial charge < -0.3 is 0 Å². The number of halogens is 1. The summed E-state index contributed by atoms with van der Waals surface area (Å²) in [5.74, 6) is 1.39. The van der Waals surface area contributed by atoms with Gasteiger partial charge in [-0.2, -0.15) is 9.90 Å². The second-order valence-electron chi connectivity index (χ2n) is 5.66. The summed E-state index contributed by atoms with van der Waals surface area (Å²) in [5, 5.41) is 21.2. The van der Waals surface area contributed by atoms with E-state index in [4.69, 9.17) is 0 Å². The zero-order chi connectivity index (χ0) is 17.9. The second-order valence-corrected chi connectivity index (χ2v) is 7.56. The molecule has 0 bridgehead atoms. The minimum Gasteiger partial charge on any atom is -0.271 e. The van der Waals surface area contributed by atoms with Gasteiger partial charge in [-0.25, -0.2) is 0 Å². The molecule has 0 radical (unpaired) electrons. The van der Waals surface area contributed by atoms with Crippen molar-refractivity contribution >= 4 is 27.7 Å². The SMILES string of the molecule is Cn1nnc(-c2c(-c3cccc(Br)c3)n[nH]c2SCc2ccccc2)n1. The average Bonchev–Trinajstić information content (AvgIpc) is 3.26. The molecule has 2 aromatic carbocycles. The molecule has 0 unspecified atom stereocenters. The Kier molecular flexibility index (Phi) is 4.85. The van der Waals surface area contributed by atoms with E-state index in [2.05, 4.69) is 53.7 Å². The van der Waals surface area contributed by atoms with Crippen LogP contribution in [0.25, 0.3) is 22.6 Å². The Morgan fingerprint density at radius 2 is 1.96 bits per heavy atom. The van der Waals surface area contributed by atoms with Gasteiger partial charge in [-0.15, -0.1) is 22.0 Å². The molecular formula is C18H15BrN6S. The number of aryl methyl sites for hydroxylation is 1. The lowest BCUT2D eigenvalue weighted by molar-refractivity contribution is 0.630. The Balaban J connectivity index is 1.74. The highest BCUT2D eigenvalue weighted by Crippen LogP contribution is 2.37. The molecule has 0 saturated heterocycles. The molecule has 0 aliphatic carbocycles. The lowest BCUT2D eigenvalue weighted by Gasteiger charge is -2.03. The summed E-state index contributed by atoms with van der Waals surface area (Å²) in [4.78, 5) is 1.46. The summed E-state index contributed by atoms with van der Waals surface area (Å²) < 4.78 is 0.995. The molecule has 1 N–H and O–H groups in total. The molecule has 130 valence electrons. The highest BCUT2D eigenvalue weighted by Gasteiger charge is 2.21. The Hall–Kier alpha value is -2.45. The predicted octanol–water partition coefficient (Wildman–Crippen LogP) is 4.32. The first-order valence-corrected chi connectivity index (χ1v) is 9.74. The van der Waals surface area contributed by atoms with E-state index in [1.54, 1.807) is 18.8 Å². The van der Waals surface area contributed by atoms with Crippen molar-refractivity contribution in [3.63, 3.8) is 0 Å². The van der Waals surface area contributed by atoms with Crippen molar-refractivity contribution in [2.24, 2.45) is 7.05 Å². The fourth-order valence-electron chi connectivity index (χ4n) is 2.60. The van der Waals surface area contributed by atoms with Crippen LogP contribution in [0.5, 0.6) is 0 Å². The molecule has 0 aliphatic heterocycles. The molecule has 0 atom stereocenters. The molecule has 2 aromatic heterocycles. The van der Waals surface area contributed by atoms with Crippen LogP contribution in [0.15, 0.2) is 64.1 Å². The maximum atomic E-state index is 4.54. The number of aromatic amines is 1. The number of hydrogen-bond acceptors (Lipinski definition) is 5. The molecule has 4 rings (SSSR count). The van der Waals surface area contributed by atoms with Gasteiger partial charge in [0, 0.05) is 15.8 Å². The zero-order valence-electron chi connectivity index (χ0n) is 13.9. The minimum atomic E-state index is 0.562. The maximum absolute atomic E-state index is 4.54. The molecule has 0 amide bonds. The van der Waals surface area contributed by atoms with Crippen LogP contribution >= 0.6 is 27.7 Å². The number of benzene rings is 2. The number of hydrogen-bond donors (Lipinski definition) is 1. The van der Waals surface area contributed by atoms with E-state index in [0.717, 1.165) is 32.1 Å². The van der Waals surface area contributed by atoms with Crippen molar-refractivity contribution in [1.29, 1.82) is 0 Å². The molecule has 6 nitrogen and oxygen atoms in total. The van der Waals surface area contributed by atoms with Gasteiger partial charge in [0.1, 0.15) is 10.7 Å². The smallest absolute Gasteiger partial charge is 0.209 e.